The van der Waals surface area contributed by atoms with Crippen LogP contribution in [0, 0.1) is 0 Å². The monoisotopic (exact) mass is 992 g/mol. The molecule has 78 heavy (non-hydrogen) atoms. The Morgan fingerprint density at radius 3 is 1.06 bits per heavy atom. The van der Waals surface area contributed by atoms with Gasteiger partial charge in [0.2, 0.25) is 0 Å². The van der Waals surface area contributed by atoms with Crippen LogP contribution in [-0.4, -0.2) is 14.1 Å². The second kappa shape index (κ2) is 17.4. The Labute approximate surface area is 455 Å². The molecule has 4 aliphatic rings. The first-order valence-corrected chi connectivity index (χ1v) is 27.3. The van der Waals surface area contributed by atoms with Gasteiger partial charge in [0.15, 0.2) is 0 Å². The molecule has 12 aromatic carbocycles. The van der Waals surface area contributed by atoms with Crippen LogP contribution in [0.3, 0.4) is 0 Å². The van der Waals surface area contributed by atoms with Gasteiger partial charge in [0.05, 0.1) is 0 Å². The molecule has 0 N–H and O–H groups in total. The molecule has 16 rings (SSSR count). The molecule has 0 bridgehead atoms. The highest BCUT2D eigenvalue weighted by molar-refractivity contribution is 6.40. The van der Waals surface area contributed by atoms with Gasteiger partial charge >= 0.3 is 0 Å². The maximum absolute atomic E-state index is 2.58. The maximum Gasteiger partial charge on any atom is 0.0444 e. The van der Waals surface area contributed by atoms with Crippen molar-refractivity contribution in [3.8, 4) is 22.3 Å². The van der Waals surface area contributed by atoms with Gasteiger partial charge in [-0.05, 0) is 210 Å². The standard InChI is InChI=1S/C76H52N2/c1-77-67-26-14-12-24-56(67)43-61-41-54(34-36-69(61)77)63-45-65-66(46-64(63)55-35-37-70-62(42-55)44-57-25-13-15-27-68(57)78(70)2)75-72(50-19-4-3-5-20-50)73(59-32-29-48-17-7-10-22-52(48)39-59)74(60-33-30-49-18-8-11-23-53(49)40-60)76(75)71(65)58-31-28-47-16-6-9-21-51(47)38-58/h3-42,45-46H,43-44H2,1-2H3. The van der Waals surface area contributed by atoms with E-state index in [1.807, 2.05) is 0 Å². The molecule has 2 aliphatic carbocycles. The van der Waals surface area contributed by atoms with E-state index in [1.54, 1.807) is 0 Å². The lowest BCUT2D eigenvalue weighted by Gasteiger charge is -2.31. The van der Waals surface area contributed by atoms with Crippen LogP contribution in [0.1, 0.15) is 55.6 Å². The fourth-order valence-corrected chi connectivity index (χ4v) is 13.7. The topological polar surface area (TPSA) is 6.48 Å². The van der Waals surface area contributed by atoms with Crippen molar-refractivity contribution < 1.29 is 0 Å². The highest BCUT2D eigenvalue weighted by Crippen LogP contribution is 2.63. The zero-order valence-corrected chi connectivity index (χ0v) is 43.6. The Balaban J connectivity index is 1.03. The summed E-state index contributed by atoms with van der Waals surface area (Å²) in [7, 11) is 4.43. The molecule has 0 spiro atoms. The molecule has 2 heteroatoms. The summed E-state index contributed by atoms with van der Waals surface area (Å²) in [5, 5.41) is 7.38. The lowest BCUT2D eigenvalue weighted by Crippen LogP contribution is -2.18. The average molecular weight is 993 g/mol. The van der Waals surface area contributed by atoms with E-state index >= 15 is 0 Å². The number of para-hydroxylation sites is 2. The molecule has 0 aromatic heterocycles. The van der Waals surface area contributed by atoms with E-state index in [1.165, 1.54) is 166 Å². The number of allylic oxidation sites excluding steroid dienone is 5. The fourth-order valence-electron chi connectivity index (χ4n) is 13.7. The summed E-state index contributed by atoms with van der Waals surface area (Å²) in [5.41, 5.74) is 30.3. The molecule has 2 heterocycles. The van der Waals surface area contributed by atoms with E-state index in [-0.39, 0.29) is 0 Å². The first kappa shape index (κ1) is 44.5. The van der Waals surface area contributed by atoms with Gasteiger partial charge < -0.3 is 9.80 Å². The smallest absolute Gasteiger partial charge is 0.0444 e. The minimum atomic E-state index is 0.879. The third kappa shape index (κ3) is 6.89. The molecule has 0 radical (unpaired) electrons. The van der Waals surface area contributed by atoms with Crippen molar-refractivity contribution in [2.45, 2.75) is 12.8 Å². The Bertz CT molecular complexity index is 4640. The molecule has 0 saturated carbocycles. The van der Waals surface area contributed by atoms with Gasteiger partial charge in [0, 0.05) is 49.7 Å². The van der Waals surface area contributed by atoms with Crippen LogP contribution in [0.25, 0.3) is 82.4 Å². The van der Waals surface area contributed by atoms with Gasteiger partial charge in [-0.15, -0.1) is 0 Å². The normalized spacial score (nSPS) is 14.2. The molecule has 0 atom stereocenters. The summed E-state index contributed by atoms with van der Waals surface area (Å²) in [6.07, 6.45) is 1.76. The molecular weight excluding hydrogens is 941 g/mol. The predicted molar refractivity (Wildman–Crippen MR) is 330 cm³/mol. The second-order valence-electron chi connectivity index (χ2n) is 21.7. The molecule has 0 amide bonds. The van der Waals surface area contributed by atoms with Crippen LogP contribution in [0.15, 0.2) is 260 Å². The fraction of sp³-hybridized carbons (Fsp3) is 0.0526. The SMILES string of the molecule is CN1c2ccccc2Cc2cc(-c3cc4c(cc3-c3ccc5c(c3)Cc3ccccc3N5C)C(c3ccc5ccccc5c3)=C3C(c5ccc6ccccc6c5)=C(c5ccc6ccccc6c5)C(c5ccccc5)=C34)ccc21. The number of hydrogen-bond acceptors (Lipinski definition) is 2. The van der Waals surface area contributed by atoms with Crippen molar-refractivity contribution in [1.29, 1.82) is 0 Å². The number of fused-ring (bicyclic) bond motifs is 10. The lowest BCUT2D eigenvalue weighted by molar-refractivity contribution is 1.05. The van der Waals surface area contributed by atoms with Crippen molar-refractivity contribution in [3.63, 3.8) is 0 Å². The Hall–Kier alpha value is -9.76. The van der Waals surface area contributed by atoms with E-state index in [4.69, 9.17) is 0 Å². The lowest BCUT2D eigenvalue weighted by atomic mass is 9.83. The zero-order valence-electron chi connectivity index (χ0n) is 43.6. The van der Waals surface area contributed by atoms with Crippen molar-refractivity contribution in [3.05, 3.63) is 316 Å². The molecule has 0 fully saturated rings. The van der Waals surface area contributed by atoms with Crippen molar-refractivity contribution in [2.75, 3.05) is 23.9 Å². The first-order chi connectivity index (χ1) is 38.5. The molecule has 0 saturated heterocycles. The van der Waals surface area contributed by atoms with Gasteiger partial charge in [-0.3, -0.25) is 0 Å². The number of rotatable bonds is 6. The second-order valence-corrected chi connectivity index (χ2v) is 21.7. The largest absolute Gasteiger partial charge is 0.344 e. The third-order valence-corrected chi connectivity index (χ3v) is 17.3. The third-order valence-electron chi connectivity index (χ3n) is 17.3. The Morgan fingerprint density at radius 2 is 0.577 bits per heavy atom. The van der Waals surface area contributed by atoms with E-state index in [9.17, 15) is 0 Å². The minimum Gasteiger partial charge on any atom is -0.344 e. The van der Waals surface area contributed by atoms with Crippen LogP contribution < -0.4 is 9.80 Å². The maximum atomic E-state index is 2.58. The number of hydrogen-bond donors (Lipinski definition) is 0. The summed E-state index contributed by atoms with van der Waals surface area (Å²) in [6.45, 7) is 0. The molecule has 0 unspecified atom stereocenters. The summed E-state index contributed by atoms with van der Waals surface area (Å²) >= 11 is 0. The van der Waals surface area contributed by atoms with E-state index in [0.29, 0.717) is 0 Å². The van der Waals surface area contributed by atoms with Gasteiger partial charge in [0.25, 0.3) is 0 Å². The van der Waals surface area contributed by atoms with Crippen LogP contribution in [0.4, 0.5) is 22.7 Å². The zero-order chi connectivity index (χ0) is 51.6. The van der Waals surface area contributed by atoms with Crippen LogP contribution in [0.2, 0.25) is 0 Å². The highest BCUT2D eigenvalue weighted by Gasteiger charge is 2.41. The molecule has 12 aromatic rings. The van der Waals surface area contributed by atoms with Gasteiger partial charge in [-0.25, -0.2) is 0 Å². The van der Waals surface area contributed by atoms with Crippen molar-refractivity contribution in [2.24, 2.45) is 0 Å². The summed E-state index contributed by atoms with van der Waals surface area (Å²) in [5.74, 6) is 0. The van der Waals surface area contributed by atoms with Crippen LogP contribution >= 0.6 is 0 Å². The van der Waals surface area contributed by atoms with Gasteiger partial charge in [-0.1, -0.05) is 188 Å². The quantitative estimate of drug-likeness (QED) is 0.164. The van der Waals surface area contributed by atoms with Crippen molar-refractivity contribution >= 4 is 82.9 Å². The Kier molecular flexibility index (Phi) is 9.93. The average Bonchev–Trinajstić information content (AvgIpc) is 4.13. The molecular formula is C76H52N2. The number of nitrogens with zero attached hydrogens (tertiary/aromatic N) is 2. The van der Waals surface area contributed by atoms with E-state index in [2.05, 4.69) is 279 Å². The van der Waals surface area contributed by atoms with Crippen LogP contribution in [-0.2, 0) is 12.8 Å². The summed E-state index contributed by atoms with van der Waals surface area (Å²) in [6, 6.07) is 96.4. The van der Waals surface area contributed by atoms with Crippen LogP contribution in [0.5, 0.6) is 0 Å². The van der Waals surface area contributed by atoms with E-state index in [0.717, 1.165) is 12.8 Å². The molecule has 366 valence electrons. The predicted octanol–water partition coefficient (Wildman–Crippen LogP) is 19.2. The number of benzene rings is 12. The van der Waals surface area contributed by atoms with Crippen molar-refractivity contribution in [1.82, 2.24) is 0 Å². The molecule has 2 nitrogen and oxygen atoms in total. The summed E-state index contributed by atoms with van der Waals surface area (Å²) in [4.78, 5) is 4.74. The highest BCUT2D eigenvalue weighted by atomic mass is 15.1. The van der Waals surface area contributed by atoms with Gasteiger partial charge in [0.1, 0.15) is 0 Å². The van der Waals surface area contributed by atoms with E-state index < -0.39 is 0 Å². The minimum absolute atomic E-state index is 0.879. The Morgan fingerprint density at radius 1 is 0.218 bits per heavy atom. The molecule has 2 aliphatic heterocycles. The number of anilines is 4. The van der Waals surface area contributed by atoms with Gasteiger partial charge in [-0.2, -0.15) is 0 Å². The first-order valence-electron chi connectivity index (χ1n) is 27.3. The summed E-state index contributed by atoms with van der Waals surface area (Å²) < 4.78 is 0.